The molecule has 2 heterocycles. The number of nitrogens with one attached hydrogen (secondary N) is 1. The molecule has 28 heavy (non-hydrogen) atoms. The van der Waals surface area contributed by atoms with E-state index in [2.05, 4.69) is 64.2 Å². The van der Waals surface area contributed by atoms with Gasteiger partial charge in [-0.2, -0.15) is 0 Å². The molecule has 0 radical (unpaired) electrons. The van der Waals surface area contributed by atoms with Crippen LogP contribution in [-0.4, -0.2) is 23.0 Å². The number of carbonyl (C=O) groups is 2. The molecule has 0 saturated carbocycles. The highest BCUT2D eigenvalue weighted by atomic mass is 16.6. The fourth-order valence-corrected chi connectivity index (χ4v) is 5.23. The molecular formula is C24H35NO3. The van der Waals surface area contributed by atoms with E-state index < -0.39 is 17.4 Å². The molecule has 154 valence electrons. The minimum atomic E-state index is -0.486. The third-order valence-electron chi connectivity index (χ3n) is 6.85. The number of hydrogen-bond donors (Lipinski definition) is 1. The lowest BCUT2D eigenvalue weighted by Gasteiger charge is -2.36. The molecular weight excluding hydrogens is 350 g/mol. The van der Waals surface area contributed by atoms with Crippen LogP contribution in [0.15, 0.2) is 30.3 Å². The van der Waals surface area contributed by atoms with Crippen LogP contribution in [0.1, 0.15) is 73.3 Å². The Bertz CT molecular complexity index is 773. The van der Waals surface area contributed by atoms with Crippen LogP contribution < -0.4 is 5.32 Å². The van der Waals surface area contributed by atoms with Crippen LogP contribution in [0.2, 0.25) is 0 Å². The maximum absolute atomic E-state index is 12.8. The molecule has 0 aromatic heterocycles. The van der Waals surface area contributed by atoms with E-state index in [1.54, 1.807) is 0 Å². The summed E-state index contributed by atoms with van der Waals surface area (Å²) in [4.78, 5) is 25.3. The van der Waals surface area contributed by atoms with Crippen LogP contribution in [0, 0.1) is 22.7 Å². The molecule has 0 amide bonds. The van der Waals surface area contributed by atoms with Gasteiger partial charge in [-0.15, -0.1) is 0 Å². The Balaban J connectivity index is 2.02. The largest absolute Gasteiger partial charge is 0.393 e. The normalized spacial score (nSPS) is 34.3. The van der Waals surface area contributed by atoms with E-state index in [4.69, 9.17) is 4.74 Å². The quantitative estimate of drug-likeness (QED) is 0.464. The molecule has 3 rings (SSSR count). The van der Waals surface area contributed by atoms with Gasteiger partial charge in [0, 0.05) is 17.0 Å². The monoisotopic (exact) mass is 385 g/mol. The van der Waals surface area contributed by atoms with Crippen molar-refractivity contribution in [3.05, 3.63) is 35.9 Å². The lowest BCUT2D eigenvalue weighted by atomic mass is 9.64. The zero-order valence-electron chi connectivity index (χ0n) is 18.6. The van der Waals surface area contributed by atoms with Gasteiger partial charge in [0.15, 0.2) is 0 Å². The Kier molecular flexibility index (Phi) is 4.82. The van der Waals surface area contributed by atoms with Crippen molar-refractivity contribution in [2.45, 2.75) is 78.8 Å². The summed E-state index contributed by atoms with van der Waals surface area (Å²) in [6.45, 7) is 17.1. The van der Waals surface area contributed by atoms with Crippen molar-refractivity contribution in [3.8, 4) is 0 Å². The summed E-state index contributed by atoms with van der Waals surface area (Å²) >= 11 is 0. The molecule has 0 bridgehead atoms. The standard InChI is InChI=1S/C24H35NO3/c1-21(2,3)14-16(15-12-10-9-11-13-15)23(7)24(8,25-23)18-17(22(4,5)6)19(26)28-20(18)27/h9-13,16-18,25H,14H2,1-8H3. The maximum Gasteiger partial charge on any atom is 0.319 e. The molecule has 2 saturated heterocycles. The smallest absolute Gasteiger partial charge is 0.319 e. The van der Waals surface area contributed by atoms with Crippen LogP contribution in [-0.2, 0) is 14.3 Å². The fraction of sp³-hybridized carbons (Fsp3) is 0.667. The first-order chi connectivity index (χ1) is 12.7. The van der Waals surface area contributed by atoms with Gasteiger partial charge >= 0.3 is 11.9 Å². The molecule has 4 heteroatoms. The van der Waals surface area contributed by atoms with Gasteiger partial charge in [-0.25, -0.2) is 0 Å². The average molecular weight is 386 g/mol. The van der Waals surface area contributed by atoms with E-state index in [-0.39, 0.29) is 34.2 Å². The number of esters is 2. The van der Waals surface area contributed by atoms with E-state index in [9.17, 15) is 9.59 Å². The van der Waals surface area contributed by atoms with Gasteiger partial charge in [0.05, 0.1) is 11.8 Å². The highest BCUT2D eigenvalue weighted by Gasteiger charge is 2.74. The van der Waals surface area contributed by atoms with Crippen molar-refractivity contribution in [2.75, 3.05) is 0 Å². The second-order valence-corrected chi connectivity index (χ2v) is 11.3. The lowest BCUT2D eigenvalue weighted by Crippen LogP contribution is -2.43. The van der Waals surface area contributed by atoms with Gasteiger partial charge in [-0.3, -0.25) is 9.59 Å². The van der Waals surface area contributed by atoms with Crippen molar-refractivity contribution < 1.29 is 14.3 Å². The first-order valence-electron chi connectivity index (χ1n) is 10.3. The Hall–Kier alpha value is -1.68. The Morgan fingerprint density at radius 3 is 2.07 bits per heavy atom. The Morgan fingerprint density at radius 1 is 1.00 bits per heavy atom. The maximum atomic E-state index is 12.8. The van der Waals surface area contributed by atoms with Gasteiger partial charge in [-0.1, -0.05) is 71.9 Å². The highest BCUT2D eigenvalue weighted by molar-refractivity contribution is 5.98. The Morgan fingerprint density at radius 2 is 1.57 bits per heavy atom. The third kappa shape index (κ3) is 3.41. The highest BCUT2D eigenvalue weighted by Crippen LogP contribution is 2.59. The van der Waals surface area contributed by atoms with Crippen molar-refractivity contribution in [1.29, 1.82) is 0 Å². The van der Waals surface area contributed by atoms with Crippen molar-refractivity contribution in [3.63, 3.8) is 0 Å². The van der Waals surface area contributed by atoms with E-state index in [0.29, 0.717) is 0 Å². The number of benzene rings is 1. The minimum Gasteiger partial charge on any atom is -0.393 e. The molecule has 1 aromatic rings. The van der Waals surface area contributed by atoms with Crippen LogP contribution in [0.4, 0.5) is 0 Å². The van der Waals surface area contributed by atoms with Gasteiger partial charge in [0.25, 0.3) is 0 Å². The summed E-state index contributed by atoms with van der Waals surface area (Å²) in [5.74, 6) is -1.46. The lowest BCUT2D eigenvalue weighted by molar-refractivity contribution is -0.154. The summed E-state index contributed by atoms with van der Waals surface area (Å²) in [6.07, 6.45) is 0.978. The van der Waals surface area contributed by atoms with Gasteiger partial charge < -0.3 is 10.1 Å². The molecule has 1 aromatic carbocycles. The summed E-state index contributed by atoms with van der Waals surface area (Å²) in [6, 6.07) is 10.5. The predicted octanol–water partition coefficient (Wildman–Crippen LogP) is 4.69. The minimum absolute atomic E-state index is 0.129. The molecule has 4 nitrogen and oxygen atoms in total. The number of cyclic esters (lactones) is 2. The van der Waals surface area contributed by atoms with E-state index in [1.807, 2.05) is 26.8 Å². The third-order valence-corrected chi connectivity index (χ3v) is 6.85. The molecule has 2 aliphatic heterocycles. The molecule has 1 N–H and O–H groups in total. The topological polar surface area (TPSA) is 65.3 Å². The van der Waals surface area contributed by atoms with Gasteiger partial charge in [-0.05, 0) is 36.7 Å². The molecule has 5 atom stereocenters. The second-order valence-electron chi connectivity index (χ2n) is 11.3. The molecule has 2 fully saturated rings. The predicted molar refractivity (Wildman–Crippen MR) is 111 cm³/mol. The van der Waals surface area contributed by atoms with Crippen LogP contribution in [0.25, 0.3) is 0 Å². The summed E-state index contributed by atoms with van der Waals surface area (Å²) in [5, 5.41) is 3.68. The summed E-state index contributed by atoms with van der Waals surface area (Å²) in [7, 11) is 0. The van der Waals surface area contributed by atoms with Crippen molar-refractivity contribution in [1.82, 2.24) is 5.32 Å². The van der Waals surface area contributed by atoms with E-state index >= 15 is 0 Å². The van der Waals surface area contributed by atoms with Crippen LogP contribution in [0.3, 0.4) is 0 Å². The van der Waals surface area contributed by atoms with Gasteiger partial charge in [0.1, 0.15) is 0 Å². The summed E-state index contributed by atoms with van der Waals surface area (Å²) in [5.41, 5.74) is 0.277. The van der Waals surface area contributed by atoms with Gasteiger partial charge in [0.2, 0.25) is 0 Å². The van der Waals surface area contributed by atoms with Crippen molar-refractivity contribution >= 4 is 11.9 Å². The number of hydrogen-bond acceptors (Lipinski definition) is 4. The zero-order chi connectivity index (χ0) is 21.1. The zero-order valence-corrected chi connectivity index (χ0v) is 18.6. The first-order valence-corrected chi connectivity index (χ1v) is 10.3. The van der Waals surface area contributed by atoms with Crippen LogP contribution in [0.5, 0.6) is 0 Å². The number of ether oxygens (including phenoxy) is 1. The van der Waals surface area contributed by atoms with Crippen molar-refractivity contribution in [2.24, 2.45) is 22.7 Å². The number of carbonyl (C=O) groups excluding carboxylic acids is 2. The number of rotatable bonds is 4. The molecule has 2 aliphatic rings. The Labute approximate surface area is 169 Å². The van der Waals surface area contributed by atoms with E-state index in [0.717, 1.165) is 6.42 Å². The second kappa shape index (κ2) is 6.41. The SMILES string of the molecule is CC(C)(C)CC(c1ccccc1)C1(C)NC1(C)C1C(=O)OC(=O)C1C(C)(C)C. The van der Waals surface area contributed by atoms with Crippen LogP contribution >= 0.6 is 0 Å². The molecule has 0 spiro atoms. The molecule has 0 aliphatic carbocycles. The summed E-state index contributed by atoms with van der Waals surface area (Å²) < 4.78 is 5.14. The molecule has 5 unspecified atom stereocenters. The fourth-order valence-electron chi connectivity index (χ4n) is 5.23. The van der Waals surface area contributed by atoms with E-state index in [1.165, 1.54) is 5.56 Å². The first kappa shape index (κ1) is 21.0. The average Bonchev–Trinajstić information content (AvgIpc) is 2.95.